The van der Waals surface area contributed by atoms with Crippen molar-refractivity contribution >= 4 is 29.5 Å². The van der Waals surface area contributed by atoms with Crippen molar-refractivity contribution in [2.75, 3.05) is 6.26 Å². The lowest BCUT2D eigenvalue weighted by Gasteiger charge is -1.99. The van der Waals surface area contributed by atoms with Gasteiger partial charge in [-0.25, -0.2) is 0 Å². The van der Waals surface area contributed by atoms with E-state index in [2.05, 4.69) is 19.2 Å². The third-order valence-corrected chi connectivity index (χ3v) is 2.08. The SMILES string of the molecule is C=CC(SC)C(=O)S. The van der Waals surface area contributed by atoms with Gasteiger partial charge in [-0.05, 0) is 6.26 Å². The molecule has 1 unspecified atom stereocenters. The summed E-state index contributed by atoms with van der Waals surface area (Å²) >= 11 is 5.06. The molecule has 0 fully saturated rings. The summed E-state index contributed by atoms with van der Waals surface area (Å²) in [7, 11) is 0. The molecule has 0 amide bonds. The molecule has 0 aliphatic carbocycles. The van der Waals surface area contributed by atoms with Gasteiger partial charge in [0.05, 0.1) is 5.25 Å². The summed E-state index contributed by atoms with van der Waals surface area (Å²) in [6.45, 7) is 3.46. The predicted octanol–water partition coefficient (Wildman–Crippen LogP) is 1.36. The van der Waals surface area contributed by atoms with E-state index in [1.54, 1.807) is 6.08 Å². The fourth-order valence-electron chi connectivity index (χ4n) is 0.298. The van der Waals surface area contributed by atoms with Crippen molar-refractivity contribution in [2.45, 2.75) is 5.25 Å². The first-order chi connectivity index (χ1) is 3.72. The Kier molecular flexibility index (Phi) is 4.09. The van der Waals surface area contributed by atoms with Crippen LogP contribution in [0.5, 0.6) is 0 Å². The molecular weight excluding hydrogens is 140 g/mol. The molecule has 0 N–H and O–H groups in total. The van der Waals surface area contributed by atoms with E-state index >= 15 is 0 Å². The van der Waals surface area contributed by atoms with Crippen molar-refractivity contribution in [1.82, 2.24) is 0 Å². The van der Waals surface area contributed by atoms with Crippen LogP contribution in [0.2, 0.25) is 0 Å². The molecule has 0 saturated heterocycles. The molecule has 0 saturated carbocycles. The molecule has 0 aliphatic rings. The van der Waals surface area contributed by atoms with Gasteiger partial charge in [0.1, 0.15) is 0 Å². The zero-order valence-corrected chi connectivity index (χ0v) is 6.34. The first-order valence-electron chi connectivity index (χ1n) is 2.10. The largest absolute Gasteiger partial charge is 0.286 e. The maximum atomic E-state index is 10.4. The van der Waals surface area contributed by atoms with Crippen LogP contribution in [0, 0.1) is 0 Å². The number of carbonyl (C=O) groups excluding carboxylic acids is 1. The lowest BCUT2D eigenvalue weighted by atomic mass is 10.5. The monoisotopic (exact) mass is 148 g/mol. The van der Waals surface area contributed by atoms with Crippen molar-refractivity contribution in [3.05, 3.63) is 12.7 Å². The second kappa shape index (κ2) is 4.04. The van der Waals surface area contributed by atoms with Crippen LogP contribution in [0.4, 0.5) is 0 Å². The Labute approximate surface area is 58.9 Å². The van der Waals surface area contributed by atoms with Crippen molar-refractivity contribution in [3.63, 3.8) is 0 Å². The van der Waals surface area contributed by atoms with Crippen LogP contribution in [0.15, 0.2) is 12.7 Å². The zero-order valence-electron chi connectivity index (χ0n) is 4.63. The van der Waals surface area contributed by atoms with Crippen molar-refractivity contribution in [3.8, 4) is 0 Å². The highest BCUT2D eigenvalue weighted by molar-refractivity contribution is 8.05. The van der Waals surface area contributed by atoms with Gasteiger partial charge in [0, 0.05) is 0 Å². The Morgan fingerprint density at radius 1 is 2.00 bits per heavy atom. The highest BCUT2D eigenvalue weighted by Gasteiger charge is 2.06. The van der Waals surface area contributed by atoms with Crippen LogP contribution in [0.1, 0.15) is 0 Å². The van der Waals surface area contributed by atoms with E-state index in [4.69, 9.17) is 0 Å². The van der Waals surface area contributed by atoms with Gasteiger partial charge in [-0.2, -0.15) is 0 Å². The van der Waals surface area contributed by atoms with E-state index in [1.807, 2.05) is 6.26 Å². The normalized spacial score (nSPS) is 12.8. The molecule has 1 atom stereocenters. The molecular formula is C5H8OS2. The van der Waals surface area contributed by atoms with Crippen molar-refractivity contribution < 1.29 is 4.79 Å². The molecule has 0 aromatic carbocycles. The van der Waals surface area contributed by atoms with Gasteiger partial charge in [-0.1, -0.05) is 6.08 Å². The number of rotatable bonds is 3. The summed E-state index contributed by atoms with van der Waals surface area (Å²) in [5.41, 5.74) is 0. The number of hydrogen-bond donors (Lipinski definition) is 1. The minimum atomic E-state index is -0.140. The first-order valence-corrected chi connectivity index (χ1v) is 3.84. The Bertz CT molecular complexity index is 101. The van der Waals surface area contributed by atoms with Gasteiger partial charge < -0.3 is 0 Å². The lowest BCUT2D eigenvalue weighted by Crippen LogP contribution is -2.05. The molecule has 0 aliphatic heterocycles. The third kappa shape index (κ3) is 2.43. The average molecular weight is 148 g/mol. The van der Waals surface area contributed by atoms with E-state index < -0.39 is 0 Å². The highest BCUT2D eigenvalue weighted by atomic mass is 32.2. The standard InChI is InChI=1S/C5H8OS2/c1-3-4(8-2)5(6)7/h3-4H,1H2,2H3,(H,6,7). The van der Waals surface area contributed by atoms with E-state index in [9.17, 15) is 4.79 Å². The molecule has 8 heavy (non-hydrogen) atoms. The smallest absolute Gasteiger partial charge is 0.202 e. The van der Waals surface area contributed by atoms with Crippen LogP contribution in [-0.4, -0.2) is 16.6 Å². The van der Waals surface area contributed by atoms with Crippen LogP contribution in [-0.2, 0) is 4.79 Å². The quantitative estimate of drug-likeness (QED) is 0.481. The van der Waals surface area contributed by atoms with Crippen LogP contribution in [0.3, 0.4) is 0 Å². The van der Waals surface area contributed by atoms with Crippen LogP contribution in [0.25, 0.3) is 0 Å². The second-order valence-electron chi connectivity index (χ2n) is 1.23. The van der Waals surface area contributed by atoms with E-state index in [0.29, 0.717) is 0 Å². The summed E-state index contributed by atoms with van der Waals surface area (Å²) in [4.78, 5) is 10.4. The number of thiol groups is 1. The molecule has 3 heteroatoms. The van der Waals surface area contributed by atoms with Gasteiger partial charge in [0.25, 0.3) is 0 Å². The minimum Gasteiger partial charge on any atom is -0.286 e. The van der Waals surface area contributed by atoms with Gasteiger partial charge in [0.2, 0.25) is 5.12 Å². The van der Waals surface area contributed by atoms with E-state index in [1.165, 1.54) is 11.8 Å². The molecule has 0 bridgehead atoms. The number of thioether (sulfide) groups is 1. The van der Waals surface area contributed by atoms with Crippen molar-refractivity contribution in [1.29, 1.82) is 0 Å². The minimum absolute atomic E-state index is 0.132. The topological polar surface area (TPSA) is 17.1 Å². The summed E-state index contributed by atoms with van der Waals surface area (Å²) in [6.07, 6.45) is 3.43. The van der Waals surface area contributed by atoms with Crippen molar-refractivity contribution in [2.24, 2.45) is 0 Å². The lowest BCUT2D eigenvalue weighted by molar-refractivity contribution is -0.109. The van der Waals surface area contributed by atoms with Gasteiger partial charge >= 0.3 is 0 Å². The zero-order chi connectivity index (χ0) is 6.57. The summed E-state index contributed by atoms with van der Waals surface area (Å²) in [5, 5.41) is -0.272. The van der Waals surface area contributed by atoms with Crippen LogP contribution < -0.4 is 0 Å². The van der Waals surface area contributed by atoms with E-state index in [-0.39, 0.29) is 10.4 Å². The molecule has 1 nitrogen and oxygen atoms in total. The molecule has 0 radical (unpaired) electrons. The third-order valence-electron chi connectivity index (χ3n) is 0.711. The van der Waals surface area contributed by atoms with Gasteiger partial charge in [-0.3, -0.25) is 4.79 Å². The number of carbonyl (C=O) groups is 1. The predicted molar refractivity (Wildman–Crippen MR) is 41.5 cm³/mol. The van der Waals surface area contributed by atoms with Gasteiger partial charge in [0.15, 0.2) is 0 Å². The maximum Gasteiger partial charge on any atom is 0.202 e. The first kappa shape index (κ1) is 8.11. The second-order valence-corrected chi connectivity index (χ2v) is 2.65. The fourth-order valence-corrected chi connectivity index (χ4v) is 1.11. The maximum absolute atomic E-state index is 10.4. The summed E-state index contributed by atoms with van der Waals surface area (Å²) in [5.74, 6) is 0. The highest BCUT2D eigenvalue weighted by Crippen LogP contribution is 2.09. The Morgan fingerprint density at radius 2 is 2.50 bits per heavy atom. The molecule has 0 aromatic rings. The molecule has 0 heterocycles. The Hall–Kier alpha value is 0.110. The Balaban J connectivity index is 3.69. The molecule has 0 rings (SSSR count). The van der Waals surface area contributed by atoms with E-state index in [0.717, 1.165) is 0 Å². The molecule has 0 aromatic heterocycles. The summed E-state index contributed by atoms with van der Waals surface area (Å²) in [6, 6.07) is 0. The number of hydrogen-bond acceptors (Lipinski definition) is 2. The van der Waals surface area contributed by atoms with Gasteiger partial charge in [-0.15, -0.1) is 31.0 Å². The fraction of sp³-hybridized carbons (Fsp3) is 0.400. The summed E-state index contributed by atoms with van der Waals surface area (Å²) < 4.78 is 0. The molecule has 0 spiro atoms. The Morgan fingerprint density at radius 3 is 2.50 bits per heavy atom. The average Bonchev–Trinajstić information content (AvgIpc) is 1.69. The van der Waals surface area contributed by atoms with Crippen LogP contribution >= 0.6 is 24.4 Å². The molecule has 46 valence electrons.